The first-order valence-corrected chi connectivity index (χ1v) is 34.3. The van der Waals surface area contributed by atoms with Crippen LogP contribution in [0.3, 0.4) is 0 Å². The van der Waals surface area contributed by atoms with E-state index in [0.717, 1.165) is 177 Å². The number of furan rings is 3. The molecule has 9 aromatic heterocycles. The van der Waals surface area contributed by atoms with Gasteiger partial charge in [0.05, 0.1) is 66.0 Å². The molecule has 22 aromatic rings. The van der Waals surface area contributed by atoms with E-state index >= 15 is 0 Å². The van der Waals surface area contributed by atoms with Gasteiger partial charge in [-0.3, -0.25) is 14.5 Å². The van der Waals surface area contributed by atoms with Crippen LogP contribution in [0.1, 0.15) is 0 Å². The first-order chi connectivity index (χ1) is 50.6. The van der Waals surface area contributed by atoms with Crippen molar-refractivity contribution < 1.29 is 13.3 Å². The van der Waals surface area contributed by atoms with Crippen LogP contribution in [-0.4, -0.2) is 28.7 Å². The van der Waals surface area contributed by atoms with E-state index in [1.165, 1.54) is 16.2 Å². The van der Waals surface area contributed by atoms with E-state index in [9.17, 15) is 0 Å². The van der Waals surface area contributed by atoms with Gasteiger partial charge in [0.25, 0.3) is 0 Å². The fourth-order valence-corrected chi connectivity index (χ4v) is 15.3. The second kappa shape index (κ2) is 24.0. The predicted molar refractivity (Wildman–Crippen MR) is 419 cm³/mol. The van der Waals surface area contributed by atoms with Crippen molar-refractivity contribution >= 4 is 131 Å². The van der Waals surface area contributed by atoms with Crippen LogP contribution in [-0.2, 0) is 0 Å². The van der Waals surface area contributed by atoms with Crippen LogP contribution in [0, 0.1) is 0 Å². The van der Waals surface area contributed by atoms with Crippen LogP contribution in [0.25, 0.3) is 193 Å². The molecule has 0 spiro atoms. The molecule has 0 saturated carbocycles. The molecule has 0 saturated heterocycles. The molecular formula is C93H58N6O3. The lowest BCUT2D eigenvalue weighted by Gasteiger charge is -2.10. The number of rotatable bonds is 7. The van der Waals surface area contributed by atoms with Crippen LogP contribution < -0.4 is 0 Å². The van der Waals surface area contributed by atoms with E-state index in [0.29, 0.717) is 0 Å². The maximum absolute atomic E-state index is 6.52. The fraction of sp³-hybridized carbons (Fsp3) is 0. The summed E-state index contributed by atoms with van der Waals surface area (Å²) in [5, 5.41) is 14.8. The molecule has 0 amide bonds. The summed E-state index contributed by atoms with van der Waals surface area (Å²) in [6.45, 7) is 0. The highest BCUT2D eigenvalue weighted by Gasteiger charge is 2.23. The summed E-state index contributed by atoms with van der Waals surface area (Å²) in [5.41, 5.74) is 19.3. The minimum absolute atomic E-state index is 0.883. The highest BCUT2D eigenvalue weighted by atomic mass is 16.3. The molecule has 0 atom stereocenters. The molecule has 0 radical (unpaired) electrons. The highest BCUT2D eigenvalue weighted by Crippen LogP contribution is 2.44. The summed E-state index contributed by atoms with van der Waals surface area (Å²) in [4.78, 5) is 14.0. The molecule has 0 unspecified atom stereocenters. The summed E-state index contributed by atoms with van der Waals surface area (Å²) in [6.07, 6.45) is 5.65. The van der Waals surface area contributed by atoms with Gasteiger partial charge in [-0.25, -0.2) is 4.98 Å². The number of benzene rings is 13. The maximum Gasteiger partial charge on any atom is 0.144 e. The molecule has 0 aliphatic heterocycles. The van der Waals surface area contributed by atoms with Gasteiger partial charge in [0.1, 0.15) is 39.8 Å². The minimum atomic E-state index is 0.883. The van der Waals surface area contributed by atoms with Crippen LogP contribution in [0.4, 0.5) is 0 Å². The Morgan fingerprint density at radius 1 is 0.255 bits per heavy atom. The molecule has 22 rings (SSSR count). The van der Waals surface area contributed by atoms with Gasteiger partial charge in [-0.1, -0.05) is 212 Å². The second-order valence-corrected chi connectivity index (χ2v) is 25.8. The largest absolute Gasteiger partial charge is 0.455 e. The zero-order chi connectivity index (χ0) is 67.2. The highest BCUT2D eigenvalue weighted by molar-refractivity contribution is 6.23. The molecule has 9 heteroatoms. The normalized spacial score (nSPS) is 11.7. The lowest BCUT2D eigenvalue weighted by molar-refractivity contribution is 0.635. The number of fused-ring (bicyclic) bond motifs is 18. The Hall–Kier alpha value is -13.9. The van der Waals surface area contributed by atoms with Crippen molar-refractivity contribution in [3.63, 3.8) is 0 Å². The van der Waals surface area contributed by atoms with Gasteiger partial charge in [-0.05, 0) is 132 Å². The molecule has 0 N–H and O–H groups in total. The summed E-state index contributed by atoms with van der Waals surface area (Å²) in [6, 6.07) is 116. The van der Waals surface area contributed by atoms with Gasteiger partial charge in [-0.15, -0.1) is 0 Å². The third kappa shape index (κ3) is 9.66. The maximum atomic E-state index is 6.52. The molecule has 13 aromatic carbocycles. The fourth-order valence-electron chi connectivity index (χ4n) is 15.3. The van der Waals surface area contributed by atoms with Gasteiger partial charge >= 0.3 is 0 Å². The first kappa shape index (κ1) is 58.3. The quantitative estimate of drug-likeness (QED) is 0.158. The van der Waals surface area contributed by atoms with Crippen molar-refractivity contribution in [2.24, 2.45) is 0 Å². The Bertz CT molecular complexity index is 6980. The Balaban J connectivity index is 0.000000103. The minimum Gasteiger partial charge on any atom is -0.455 e. The van der Waals surface area contributed by atoms with E-state index in [2.05, 4.69) is 285 Å². The molecule has 0 bridgehead atoms. The molecular weight excluding hydrogens is 1250 g/mol. The van der Waals surface area contributed by atoms with Gasteiger partial charge < -0.3 is 22.4 Å². The van der Waals surface area contributed by atoms with Crippen LogP contribution in [0.15, 0.2) is 365 Å². The third-order valence-electron chi connectivity index (χ3n) is 19.9. The van der Waals surface area contributed by atoms with Crippen LogP contribution in [0.5, 0.6) is 0 Å². The number of pyridine rings is 3. The van der Waals surface area contributed by atoms with E-state index < -0.39 is 0 Å². The van der Waals surface area contributed by atoms with E-state index in [1.807, 2.05) is 91.4 Å². The number of hydrogen-bond donors (Lipinski definition) is 0. The van der Waals surface area contributed by atoms with Gasteiger partial charge in [0.15, 0.2) is 0 Å². The third-order valence-corrected chi connectivity index (χ3v) is 19.9. The Kier molecular flexibility index (Phi) is 13.7. The Morgan fingerprint density at radius 3 is 1.27 bits per heavy atom. The standard InChI is InChI=1S/C35H22N2O.2C29H18N2O/c1-2-8-24(9-3-1)32-22-26-17-20-31-33(35(26)38-32)29-12-4-5-14-30(29)37(31)27-18-15-23(16-19-27)28-13-6-10-25-11-7-21-36-34(25)28;1-2-8-19(9-3-1)27-18-20-15-16-26-28(29(20)32-27)22-10-4-5-13-25(22)31(26)24-14-6-12-23-21(24)11-7-17-30-23;1-2-8-19(9-3-1)26-16-21-14-15-25-28(29(21)32-26)23-12-6-7-13-24(23)31(25)27-17-20-10-4-5-11-22(20)18-30-27/h1-22H;2*1-18H. The van der Waals surface area contributed by atoms with Crippen LogP contribution in [0.2, 0.25) is 0 Å². The number of nitrogens with zero attached hydrogens (tertiary/aromatic N) is 6. The molecule has 102 heavy (non-hydrogen) atoms. The molecule has 9 nitrogen and oxygen atoms in total. The molecule has 9 heterocycles. The number of hydrogen-bond acceptors (Lipinski definition) is 6. The van der Waals surface area contributed by atoms with Gasteiger partial charge in [-0.2, -0.15) is 0 Å². The summed E-state index contributed by atoms with van der Waals surface area (Å²) >= 11 is 0. The number of aromatic nitrogens is 6. The summed E-state index contributed by atoms with van der Waals surface area (Å²) in [5.74, 6) is 3.56. The average molecular weight is 1310 g/mol. The van der Waals surface area contributed by atoms with Crippen molar-refractivity contribution in [2.75, 3.05) is 0 Å². The monoisotopic (exact) mass is 1310 g/mol. The van der Waals surface area contributed by atoms with E-state index in [-0.39, 0.29) is 0 Å². The van der Waals surface area contributed by atoms with Crippen molar-refractivity contribution in [2.45, 2.75) is 0 Å². The average Bonchev–Trinajstić information content (AvgIpc) is 1.58. The van der Waals surface area contributed by atoms with Crippen molar-refractivity contribution in [1.29, 1.82) is 0 Å². The molecule has 0 aliphatic carbocycles. The second-order valence-electron chi connectivity index (χ2n) is 25.8. The number of para-hydroxylation sites is 4. The Labute approximate surface area is 583 Å². The SMILES string of the molecule is c1ccc(-c2cc3ccc4c(c5ccccc5n4-c4cc5ccccc5cn4)c3o2)cc1.c1ccc(-c2cc3ccc4c(c5ccccc5n4-c4ccc(-c5cccc6cccnc56)cc4)c3o2)cc1.c1ccc(-c2cc3ccc4c(c5ccccc5n4-c4cccc5ncccc45)c3o2)cc1. The first-order valence-electron chi connectivity index (χ1n) is 34.3. The topological polar surface area (TPSA) is 92.9 Å². The zero-order valence-electron chi connectivity index (χ0n) is 54.9. The van der Waals surface area contributed by atoms with Gasteiger partial charge in [0, 0.05) is 95.0 Å². The predicted octanol–water partition coefficient (Wildman–Crippen LogP) is 24.9. The molecule has 478 valence electrons. The van der Waals surface area contributed by atoms with Crippen molar-refractivity contribution in [3.8, 4) is 62.3 Å². The van der Waals surface area contributed by atoms with Crippen LogP contribution >= 0.6 is 0 Å². The van der Waals surface area contributed by atoms with Crippen molar-refractivity contribution in [3.05, 3.63) is 352 Å². The molecule has 0 aliphatic rings. The zero-order valence-corrected chi connectivity index (χ0v) is 54.9. The Morgan fingerprint density at radius 2 is 0.696 bits per heavy atom. The lowest BCUT2D eigenvalue weighted by Crippen LogP contribution is -1.96. The van der Waals surface area contributed by atoms with E-state index in [4.69, 9.17) is 18.2 Å². The van der Waals surface area contributed by atoms with E-state index in [1.54, 1.807) is 0 Å². The molecule has 0 fully saturated rings. The van der Waals surface area contributed by atoms with Crippen molar-refractivity contribution in [1.82, 2.24) is 28.7 Å². The van der Waals surface area contributed by atoms with Gasteiger partial charge in [0.2, 0.25) is 0 Å². The summed E-state index contributed by atoms with van der Waals surface area (Å²) in [7, 11) is 0. The lowest BCUT2D eigenvalue weighted by atomic mass is 10.0. The summed E-state index contributed by atoms with van der Waals surface area (Å²) < 4.78 is 26.4. The smallest absolute Gasteiger partial charge is 0.144 e.